The van der Waals surface area contributed by atoms with E-state index in [9.17, 15) is 0 Å². The van der Waals surface area contributed by atoms with Gasteiger partial charge in [0.25, 0.3) is 0 Å². The maximum Gasteiger partial charge on any atom is 0.00389 e. The summed E-state index contributed by atoms with van der Waals surface area (Å²) in [5.74, 6) is 0.825. The number of hydrogen-bond acceptors (Lipinski definition) is 1. The summed E-state index contributed by atoms with van der Waals surface area (Å²) in [5.41, 5.74) is 5.92. The number of hydrogen-bond donors (Lipinski definition) is 1. The molecule has 94 valence electrons. The molecule has 1 aliphatic heterocycles. The Balaban J connectivity index is 2.08. The SMILES string of the molecule is Cc1cc(C)c(CC2CCC(C)NC2)c(C)c1. The molecule has 0 saturated carbocycles. The molecule has 1 aliphatic rings. The van der Waals surface area contributed by atoms with E-state index in [1.807, 2.05) is 0 Å². The molecule has 2 atom stereocenters. The molecule has 0 spiro atoms. The highest BCUT2D eigenvalue weighted by molar-refractivity contribution is 5.37. The minimum absolute atomic E-state index is 0.714. The summed E-state index contributed by atoms with van der Waals surface area (Å²) in [5, 5.41) is 3.60. The highest BCUT2D eigenvalue weighted by atomic mass is 14.9. The second-order valence-electron chi connectivity index (χ2n) is 5.83. The van der Waals surface area contributed by atoms with Crippen LogP contribution in [-0.2, 0) is 6.42 Å². The summed E-state index contributed by atoms with van der Waals surface area (Å²) in [7, 11) is 0. The molecule has 1 aromatic carbocycles. The quantitative estimate of drug-likeness (QED) is 0.821. The predicted molar refractivity (Wildman–Crippen MR) is 74.5 cm³/mol. The number of aryl methyl sites for hydroxylation is 3. The second-order valence-corrected chi connectivity index (χ2v) is 5.83. The molecule has 2 rings (SSSR count). The van der Waals surface area contributed by atoms with Gasteiger partial charge in [-0.15, -0.1) is 0 Å². The third-order valence-electron chi connectivity index (χ3n) is 4.10. The predicted octanol–water partition coefficient (Wildman–Crippen LogP) is 3.54. The Morgan fingerprint density at radius 1 is 1.12 bits per heavy atom. The molecule has 0 aromatic heterocycles. The van der Waals surface area contributed by atoms with Crippen molar-refractivity contribution in [2.75, 3.05) is 6.54 Å². The minimum atomic E-state index is 0.714. The molecule has 0 bridgehead atoms. The van der Waals surface area contributed by atoms with Gasteiger partial charge in [0, 0.05) is 6.04 Å². The first-order valence-electron chi connectivity index (χ1n) is 6.86. The largest absolute Gasteiger partial charge is 0.314 e. The van der Waals surface area contributed by atoms with Crippen molar-refractivity contribution in [3.05, 3.63) is 34.4 Å². The number of benzene rings is 1. The van der Waals surface area contributed by atoms with Crippen LogP contribution in [0.1, 0.15) is 42.0 Å². The lowest BCUT2D eigenvalue weighted by Crippen LogP contribution is -2.37. The van der Waals surface area contributed by atoms with Gasteiger partial charge in [-0.05, 0) is 76.1 Å². The van der Waals surface area contributed by atoms with Crippen molar-refractivity contribution in [1.29, 1.82) is 0 Å². The van der Waals surface area contributed by atoms with Crippen LogP contribution >= 0.6 is 0 Å². The van der Waals surface area contributed by atoms with E-state index in [1.54, 1.807) is 5.56 Å². The van der Waals surface area contributed by atoms with Gasteiger partial charge in [0.2, 0.25) is 0 Å². The van der Waals surface area contributed by atoms with Crippen molar-refractivity contribution in [1.82, 2.24) is 5.32 Å². The highest BCUT2D eigenvalue weighted by Crippen LogP contribution is 2.24. The van der Waals surface area contributed by atoms with E-state index in [-0.39, 0.29) is 0 Å². The lowest BCUT2D eigenvalue weighted by molar-refractivity contribution is 0.321. The van der Waals surface area contributed by atoms with Gasteiger partial charge in [-0.2, -0.15) is 0 Å². The summed E-state index contributed by atoms with van der Waals surface area (Å²) >= 11 is 0. The lowest BCUT2D eigenvalue weighted by Gasteiger charge is -2.28. The lowest BCUT2D eigenvalue weighted by atomic mass is 9.86. The molecule has 1 heteroatoms. The summed E-state index contributed by atoms with van der Waals surface area (Å²) in [6, 6.07) is 5.36. The van der Waals surface area contributed by atoms with E-state index in [2.05, 4.69) is 45.1 Å². The number of piperidine rings is 1. The van der Waals surface area contributed by atoms with Crippen LogP contribution in [0, 0.1) is 26.7 Å². The molecular weight excluding hydrogens is 206 g/mol. The Labute approximate surface area is 106 Å². The zero-order valence-corrected chi connectivity index (χ0v) is 11.6. The molecule has 1 heterocycles. The van der Waals surface area contributed by atoms with Crippen LogP contribution in [0.25, 0.3) is 0 Å². The molecule has 0 amide bonds. The highest BCUT2D eigenvalue weighted by Gasteiger charge is 2.19. The molecule has 0 aliphatic carbocycles. The van der Waals surface area contributed by atoms with Crippen molar-refractivity contribution >= 4 is 0 Å². The van der Waals surface area contributed by atoms with Crippen LogP contribution in [0.3, 0.4) is 0 Å². The van der Waals surface area contributed by atoms with Crippen LogP contribution in [0.2, 0.25) is 0 Å². The molecule has 1 saturated heterocycles. The maximum atomic E-state index is 3.60. The van der Waals surface area contributed by atoms with Crippen molar-refractivity contribution in [2.24, 2.45) is 5.92 Å². The fraction of sp³-hybridized carbons (Fsp3) is 0.625. The molecule has 0 radical (unpaired) electrons. The van der Waals surface area contributed by atoms with E-state index in [0.717, 1.165) is 5.92 Å². The van der Waals surface area contributed by atoms with E-state index in [0.29, 0.717) is 6.04 Å². The molecule has 1 aromatic rings. The smallest absolute Gasteiger partial charge is 0.00389 e. The van der Waals surface area contributed by atoms with Crippen molar-refractivity contribution < 1.29 is 0 Å². The minimum Gasteiger partial charge on any atom is -0.314 e. The molecule has 1 nitrogen and oxygen atoms in total. The zero-order chi connectivity index (χ0) is 12.4. The Morgan fingerprint density at radius 2 is 1.76 bits per heavy atom. The normalized spacial score (nSPS) is 24.9. The Kier molecular flexibility index (Phi) is 3.88. The molecular formula is C16H25N. The first kappa shape index (κ1) is 12.6. The molecule has 1 N–H and O–H groups in total. The van der Waals surface area contributed by atoms with Gasteiger partial charge in [-0.1, -0.05) is 17.7 Å². The average Bonchev–Trinajstić information content (AvgIpc) is 2.26. The van der Waals surface area contributed by atoms with Crippen LogP contribution in [0.15, 0.2) is 12.1 Å². The van der Waals surface area contributed by atoms with E-state index in [1.165, 1.54) is 42.5 Å². The Morgan fingerprint density at radius 3 is 2.29 bits per heavy atom. The van der Waals surface area contributed by atoms with Crippen LogP contribution in [0.5, 0.6) is 0 Å². The summed E-state index contributed by atoms with van der Waals surface area (Å²) in [6.45, 7) is 10.2. The average molecular weight is 231 g/mol. The van der Waals surface area contributed by atoms with Gasteiger partial charge in [-0.3, -0.25) is 0 Å². The zero-order valence-electron chi connectivity index (χ0n) is 11.6. The monoisotopic (exact) mass is 231 g/mol. The van der Waals surface area contributed by atoms with E-state index in [4.69, 9.17) is 0 Å². The van der Waals surface area contributed by atoms with Gasteiger partial charge in [-0.25, -0.2) is 0 Å². The van der Waals surface area contributed by atoms with Gasteiger partial charge < -0.3 is 5.32 Å². The number of nitrogens with one attached hydrogen (secondary N) is 1. The first-order chi connectivity index (χ1) is 8.06. The van der Waals surface area contributed by atoms with Gasteiger partial charge in [0.15, 0.2) is 0 Å². The van der Waals surface area contributed by atoms with Crippen LogP contribution < -0.4 is 5.32 Å². The number of rotatable bonds is 2. The van der Waals surface area contributed by atoms with E-state index >= 15 is 0 Å². The van der Waals surface area contributed by atoms with Crippen molar-refractivity contribution in [3.63, 3.8) is 0 Å². The van der Waals surface area contributed by atoms with Crippen LogP contribution in [0.4, 0.5) is 0 Å². The van der Waals surface area contributed by atoms with Crippen molar-refractivity contribution in [2.45, 2.75) is 53.0 Å². The summed E-state index contributed by atoms with van der Waals surface area (Å²) in [6.07, 6.45) is 3.95. The molecule has 2 unspecified atom stereocenters. The fourth-order valence-electron chi connectivity index (χ4n) is 3.05. The van der Waals surface area contributed by atoms with E-state index < -0.39 is 0 Å². The molecule has 17 heavy (non-hydrogen) atoms. The maximum absolute atomic E-state index is 3.60. The van der Waals surface area contributed by atoms with Gasteiger partial charge in [0.05, 0.1) is 0 Å². The fourth-order valence-corrected chi connectivity index (χ4v) is 3.05. The Hall–Kier alpha value is -0.820. The molecule has 1 fully saturated rings. The Bertz CT molecular complexity index is 364. The van der Waals surface area contributed by atoms with Gasteiger partial charge in [0.1, 0.15) is 0 Å². The first-order valence-corrected chi connectivity index (χ1v) is 6.86. The standard InChI is InChI=1S/C16H25N/c1-11-7-12(2)16(13(3)8-11)9-15-6-5-14(4)17-10-15/h7-8,14-15,17H,5-6,9-10H2,1-4H3. The second kappa shape index (κ2) is 5.22. The third-order valence-corrected chi connectivity index (χ3v) is 4.10. The third kappa shape index (κ3) is 3.10. The summed E-state index contributed by atoms with van der Waals surface area (Å²) < 4.78 is 0. The van der Waals surface area contributed by atoms with Crippen LogP contribution in [-0.4, -0.2) is 12.6 Å². The van der Waals surface area contributed by atoms with Gasteiger partial charge >= 0.3 is 0 Å². The summed E-state index contributed by atoms with van der Waals surface area (Å²) in [4.78, 5) is 0. The van der Waals surface area contributed by atoms with Crippen molar-refractivity contribution in [3.8, 4) is 0 Å². The topological polar surface area (TPSA) is 12.0 Å².